The quantitative estimate of drug-likeness (QED) is 0.860. The van der Waals surface area contributed by atoms with Crippen molar-refractivity contribution in [1.29, 1.82) is 0 Å². The van der Waals surface area contributed by atoms with Gasteiger partial charge in [0, 0.05) is 32.0 Å². The molecule has 0 bridgehead atoms. The second-order valence-electron chi connectivity index (χ2n) is 5.92. The minimum atomic E-state index is 0.143. The fraction of sp³-hybridized carbons (Fsp3) is 0.733. The first kappa shape index (κ1) is 14.0. The van der Waals surface area contributed by atoms with Gasteiger partial charge in [-0.2, -0.15) is 5.10 Å². The van der Waals surface area contributed by atoms with E-state index in [0.717, 1.165) is 24.3 Å². The molecule has 0 aromatic carbocycles. The number of hydrogen-bond acceptors (Lipinski definition) is 3. The zero-order valence-electron chi connectivity index (χ0n) is 12.2. The molecule has 2 fully saturated rings. The van der Waals surface area contributed by atoms with E-state index in [1.54, 1.807) is 4.68 Å². The Kier molecular flexibility index (Phi) is 4.06. The lowest BCUT2D eigenvalue weighted by molar-refractivity contribution is -0.134. The lowest BCUT2D eigenvalue weighted by Gasteiger charge is -2.40. The molecule has 1 amide bonds. The molecule has 0 atom stereocenters. The van der Waals surface area contributed by atoms with Gasteiger partial charge in [-0.3, -0.25) is 9.48 Å². The molecule has 1 aliphatic heterocycles. The average Bonchev–Trinajstić information content (AvgIpc) is 3.04. The van der Waals surface area contributed by atoms with Gasteiger partial charge in [0.2, 0.25) is 5.91 Å². The first-order valence-corrected chi connectivity index (χ1v) is 8.60. The summed E-state index contributed by atoms with van der Waals surface area (Å²) in [5.74, 6) is 1.44. The highest BCUT2D eigenvalue weighted by Gasteiger charge is 2.44. The van der Waals surface area contributed by atoms with Crippen LogP contribution in [0.3, 0.4) is 0 Å². The predicted octanol–water partition coefficient (Wildman–Crippen LogP) is 2.59. The van der Waals surface area contributed by atoms with E-state index in [2.05, 4.69) is 10.00 Å². The van der Waals surface area contributed by atoms with Crippen molar-refractivity contribution < 1.29 is 4.79 Å². The van der Waals surface area contributed by atoms with Crippen LogP contribution in [0.25, 0.3) is 0 Å². The van der Waals surface area contributed by atoms with Gasteiger partial charge in [-0.25, -0.2) is 0 Å². The lowest BCUT2D eigenvalue weighted by atomic mass is 9.93. The van der Waals surface area contributed by atoms with Gasteiger partial charge in [0.15, 0.2) is 0 Å². The summed E-state index contributed by atoms with van der Waals surface area (Å²) in [5, 5.41) is 4.16. The Balaban J connectivity index is 1.61. The maximum absolute atomic E-state index is 12.6. The summed E-state index contributed by atoms with van der Waals surface area (Å²) in [6.45, 7) is 0.941. The summed E-state index contributed by atoms with van der Waals surface area (Å²) in [4.78, 5) is 14.9. The van der Waals surface area contributed by atoms with E-state index in [0.29, 0.717) is 12.3 Å². The van der Waals surface area contributed by atoms with Crippen molar-refractivity contribution in [3.63, 3.8) is 0 Å². The SMILES string of the molecule is Cn1cc(CCC(=O)N2CCSC23CCCCC3)cn1. The summed E-state index contributed by atoms with van der Waals surface area (Å²) in [6, 6.07) is 0. The van der Waals surface area contributed by atoms with Crippen LogP contribution in [0, 0.1) is 0 Å². The first-order valence-electron chi connectivity index (χ1n) is 7.62. The number of carbonyl (C=O) groups is 1. The van der Waals surface area contributed by atoms with Crippen LogP contribution >= 0.6 is 11.8 Å². The van der Waals surface area contributed by atoms with E-state index >= 15 is 0 Å². The van der Waals surface area contributed by atoms with E-state index in [-0.39, 0.29) is 4.87 Å². The molecule has 0 N–H and O–H groups in total. The highest BCUT2D eigenvalue weighted by Crippen LogP contribution is 2.46. The molecular formula is C15H23N3OS. The standard InChI is InChI=1S/C15H23N3OS/c1-17-12-13(11-16-17)5-6-14(19)18-9-10-20-15(18)7-3-2-4-8-15/h11-12H,2-10H2,1H3. The second kappa shape index (κ2) is 5.80. The number of rotatable bonds is 3. The first-order chi connectivity index (χ1) is 9.70. The summed E-state index contributed by atoms with van der Waals surface area (Å²) in [7, 11) is 1.92. The summed E-state index contributed by atoms with van der Waals surface area (Å²) >= 11 is 2.02. The van der Waals surface area contributed by atoms with Crippen molar-refractivity contribution in [3.05, 3.63) is 18.0 Å². The van der Waals surface area contributed by atoms with Gasteiger partial charge in [-0.05, 0) is 24.8 Å². The molecule has 20 heavy (non-hydrogen) atoms. The number of carbonyl (C=O) groups excluding carboxylic acids is 1. The molecule has 0 unspecified atom stereocenters. The van der Waals surface area contributed by atoms with E-state index < -0.39 is 0 Å². The second-order valence-corrected chi connectivity index (χ2v) is 7.38. The van der Waals surface area contributed by atoms with Crippen LogP contribution < -0.4 is 0 Å². The van der Waals surface area contributed by atoms with Crippen LogP contribution in [-0.2, 0) is 18.3 Å². The Morgan fingerprint density at radius 1 is 1.40 bits per heavy atom. The monoisotopic (exact) mass is 293 g/mol. The van der Waals surface area contributed by atoms with E-state index in [4.69, 9.17) is 0 Å². The van der Waals surface area contributed by atoms with Gasteiger partial charge in [0.1, 0.15) is 0 Å². The van der Waals surface area contributed by atoms with Crippen LogP contribution in [0.5, 0.6) is 0 Å². The highest BCUT2D eigenvalue weighted by atomic mass is 32.2. The molecule has 3 rings (SSSR count). The van der Waals surface area contributed by atoms with Crippen molar-refractivity contribution in [2.75, 3.05) is 12.3 Å². The van der Waals surface area contributed by atoms with Crippen LogP contribution in [0.15, 0.2) is 12.4 Å². The van der Waals surface area contributed by atoms with Crippen LogP contribution in [0.4, 0.5) is 0 Å². The van der Waals surface area contributed by atoms with Crippen molar-refractivity contribution in [3.8, 4) is 0 Å². The van der Waals surface area contributed by atoms with Crippen molar-refractivity contribution >= 4 is 17.7 Å². The van der Waals surface area contributed by atoms with Crippen LogP contribution in [0.2, 0.25) is 0 Å². The minimum absolute atomic E-state index is 0.143. The van der Waals surface area contributed by atoms with Gasteiger partial charge in [-0.1, -0.05) is 19.3 Å². The average molecular weight is 293 g/mol. The fourth-order valence-corrected chi connectivity index (χ4v) is 5.05. The molecule has 1 spiro atoms. The molecule has 1 aliphatic carbocycles. The Morgan fingerprint density at radius 3 is 2.90 bits per heavy atom. The fourth-order valence-electron chi connectivity index (χ4n) is 3.47. The Labute approximate surface area is 124 Å². The van der Waals surface area contributed by atoms with Gasteiger partial charge in [0.05, 0.1) is 11.1 Å². The van der Waals surface area contributed by atoms with E-state index in [9.17, 15) is 4.79 Å². The molecule has 2 aliphatic rings. The van der Waals surface area contributed by atoms with Gasteiger partial charge < -0.3 is 4.90 Å². The van der Waals surface area contributed by atoms with E-state index in [1.165, 1.54) is 32.1 Å². The maximum atomic E-state index is 12.6. The smallest absolute Gasteiger partial charge is 0.224 e. The normalized spacial score (nSPS) is 21.6. The molecule has 110 valence electrons. The Bertz CT molecular complexity index is 479. The van der Waals surface area contributed by atoms with E-state index in [1.807, 2.05) is 31.2 Å². The molecule has 1 saturated carbocycles. The topological polar surface area (TPSA) is 38.1 Å². The largest absolute Gasteiger partial charge is 0.327 e. The predicted molar refractivity (Wildman–Crippen MR) is 81.5 cm³/mol. The molecular weight excluding hydrogens is 270 g/mol. The zero-order chi connectivity index (χ0) is 14.0. The number of amides is 1. The Morgan fingerprint density at radius 2 is 2.20 bits per heavy atom. The molecule has 1 saturated heterocycles. The van der Waals surface area contributed by atoms with Crippen LogP contribution in [-0.4, -0.2) is 37.8 Å². The third kappa shape index (κ3) is 2.73. The number of aromatic nitrogens is 2. The van der Waals surface area contributed by atoms with Gasteiger partial charge in [0.25, 0.3) is 0 Å². The zero-order valence-corrected chi connectivity index (χ0v) is 13.0. The van der Waals surface area contributed by atoms with Gasteiger partial charge >= 0.3 is 0 Å². The molecule has 5 heteroatoms. The number of nitrogens with zero attached hydrogens (tertiary/aromatic N) is 3. The molecule has 4 nitrogen and oxygen atoms in total. The molecule has 1 aromatic heterocycles. The van der Waals surface area contributed by atoms with Gasteiger partial charge in [-0.15, -0.1) is 11.8 Å². The molecule has 2 heterocycles. The number of hydrogen-bond donors (Lipinski definition) is 0. The highest BCUT2D eigenvalue weighted by molar-refractivity contribution is 8.00. The van der Waals surface area contributed by atoms with Crippen molar-refractivity contribution in [1.82, 2.24) is 14.7 Å². The summed E-state index contributed by atoms with van der Waals surface area (Å²) < 4.78 is 1.80. The van der Waals surface area contributed by atoms with Crippen molar-refractivity contribution in [2.45, 2.75) is 49.8 Å². The molecule has 1 aromatic rings. The summed E-state index contributed by atoms with van der Waals surface area (Å²) in [6.07, 6.45) is 11.6. The van der Waals surface area contributed by atoms with Crippen molar-refractivity contribution in [2.24, 2.45) is 7.05 Å². The molecule has 0 radical (unpaired) electrons. The lowest BCUT2D eigenvalue weighted by Crippen LogP contribution is -2.47. The minimum Gasteiger partial charge on any atom is -0.327 e. The maximum Gasteiger partial charge on any atom is 0.224 e. The summed E-state index contributed by atoms with van der Waals surface area (Å²) in [5.41, 5.74) is 1.16. The third-order valence-electron chi connectivity index (χ3n) is 4.50. The van der Waals surface area contributed by atoms with Crippen LogP contribution in [0.1, 0.15) is 44.1 Å². The number of thioether (sulfide) groups is 1. The Hall–Kier alpha value is -0.970. The third-order valence-corrected chi connectivity index (χ3v) is 6.05. The number of aryl methyl sites for hydroxylation is 2.